The van der Waals surface area contributed by atoms with Crippen molar-refractivity contribution >= 4 is 35.5 Å². The van der Waals surface area contributed by atoms with Crippen molar-refractivity contribution in [3.8, 4) is 0 Å². The summed E-state index contributed by atoms with van der Waals surface area (Å²) in [6.07, 6.45) is 3.30. The van der Waals surface area contributed by atoms with Gasteiger partial charge in [0.25, 0.3) is 0 Å². The van der Waals surface area contributed by atoms with Gasteiger partial charge in [-0.3, -0.25) is 14.8 Å². The van der Waals surface area contributed by atoms with Crippen molar-refractivity contribution in [2.75, 3.05) is 13.1 Å². The van der Waals surface area contributed by atoms with E-state index in [0.29, 0.717) is 34.6 Å². The first-order valence-corrected chi connectivity index (χ1v) is 8.85. The van der Waals surface area contributed by atoms with Crippen LogP contribution in [-0.4, -0.2) is 40.6 Å². The van der Waals surface area contributed by atoms with Crippen LogP contribution < -0.4 is 0 Å². The Labute approximate surface area is 152 Å². The largest absolute Gasteiger partial charge is 0.338 e. The molecule has 1 aromatic carbocycles. The standard InChI is InChI=1S/C17H22Cl2N2O3/c1-2-3-4-13-9-20(17(23)14(13)10-21(24)11-22)8-12-5-6-15(18)16(19)7-12/h5-7,11,13-14,24H,2-4,8-10H2,1H3. The molecule has 132 valence electrons. The number of carbonyl (C=O) groups is 2. The molecule has 1 heterocycles. The predicted octanol–water partition coefficient (Wildman–Crippen LogP) is 3.61. The van der Waals surface area contributed by atoms with Gasteiger partial charge in [0, 0.05) is 13.1 Å². The van der Waals surface area contributed by atoms with Gasteiger partial charge < -0.3 is 4.90 Å². The summed E-state index contributed by atoms with van der Waals surface area (Å²) in [5.41, 5.74) is 0.906. The van der Waals surface area contributed by atoms with E-state index < -0.39 is 0 Å². The third-order valence-electron chi connectivity index (χ3n) is 4.44. The Morgan fingerprint density at radius 2 is 2.12 bits per heavy atom. The Morgan fingerprint density at radius 1 is 1.38 bits per heavy atom. The molecule has 7 heteroatoms. The Morgan fingerprint density at radius 3 is 2.75 bits per heavy atom. The molecule has 0 spiro atoms. The lowest BCUT2D eigenvalue weighted by Gasteiger charge is -2.19. The molecule has 2 rings (SSSR count). The molecular formula is C17H22Cl2N2O3. The molecule has 0 bridgehead atoms. The van der Waals surface area contributed by atoms with Gasteiger partial charge in [-0.25, -0.2) is 5.06 Å². The number of hydroxylamine groups is 2. The third-order valence-corrected chi connectivity index (χ3v) is 5.18. The number of halogens is 2. The van der Waals surface area contributed by atoms with Gasteiger partial charge >= 0.3 is 0 Å². The first kappa shape index (κ1) is 19.0. The van der Waals surface area contributed by atoms with E-state index in [4.69, 9.17) is 23.2 Å². The van der Waals surface area contributed by atoms with Gasteiger partial charge in [-0.2, -0.15) is 0 Å². The molecular weight excluding hydrogens is 351 g/mol. The molecule has 2 amide bonds. The molecule has 2 unspecified atom stereocenters. The van der Waals surface area contributed by atoms with Crippen molar-refractivity contribution in [1.29, 1.82) is 0 Å². The van der Waals surface area contributed by atoms with Crippen LogP contribution in [-0.2, 0) is 16.1 Å². The van der Waals surface area contributed by atoms with Crippen LogP contribution in [0, 0.1) is 11.8 Å². The van der Waals surface area contributed by atoms with Gasteiger partial charge in [-0.05, 0) is 30.0 Å². The first-order valence-electron chi connectivity index (χ1n) is 8.09. The molecule has 2 atom stereocenters. The minimum absolute atomic E-state index is 0.0363. The van der Waals surface area contributed by atoms with E-state index >= 15 is 0 Å². The molecule has 1 aromatic rings. The van der Waals surface area contributed by atoms with Crippen LogP contribution in [0.3, 0.4) is 0 Å². The highest BCUT2D eigenvalue weighted by atomic mass is 35.5. The van der Waals surface area contributed by atoms with Gasteiger partial charge in [-0.15, -0.1) is 0 Å². The summed E-state index contributed by atoms with van der Waals surface area (Å²) in [6, 6.07) is 5.32. The van der Waals surface area contributed by atoms with Gasteiger partial charge in [0.15, 0.2) is 0 Å². The molecule has 1 aliphatic rings. The van der Waals surface area contributed by atoms with Gasteiger partial charge in [0.2, 0.25) is 12.3 Å². The van der Waals surface area contributed by atoms with Crippen LogP contribution in [0.15, 0.2) is 18.2 Å². The number of rotatable bonds is 8. The van der Waals surface area contributed by atoms with E-state index in [2.05, 4.69) is 6.92 Å². The van der Waals surface area contributed by atoms with E-state index in [1.54, 1.807) is 17.0 Å². The third kappa shape index (κ3) is 4.62. The van der Waals surface area contributed by atoms with E-state index in [0.717, 1.165) is 24.8 Å². The second kappa shape index (κ2) is 8.70. The van der Waals surface area contributed by atoms with Crippen LogP contribution in [0.1, 0.15) is 31.7 Å². The molecule has 5 nitrogen and oxygen atoms in total. The van der Waals surface area contributed by atoms with Crippen molar-refractivity contribution < 1.29 is 14.8 Å². The molecule has 1 fully saturated rings. The van der Waals surface area contributed by atoms with Gasteiger partial charge in [-0.1, -0.05) is 49.0 Å². The number of benzene rings is 1. The van der Waals surface area contributed by atoms with Gasteiger partial charge in [0.05, 0.1) is 22.5 Å². The van der Waals surface area contributed by atoms with Crippen LogP contribution in [0.2, 0.25) is 10.0 Å². The normalized spacial score (nSPS) is 20.5. The maximum Gasteiger partial charge on any atom is 0.233 e. The second-order valence-corrected chi connectivity index (χ2v) is 7.02. The summed E-state index contributed by atoms with van der Waals surface area (Å²) >= 11 is 12.0. The van der Waals surface area contributed by atoms with Crippen molar-refractivity contribution in [3.05, 3.63) is 33.8 Å². The van der Waals surface area contributed by atoms with Crippen molar-refractivity contribution in [1.82, 2.24) is 9.96 Å². The molecule has 1 aliphatic heterocycles. The smallest absolute Gasteiger partial charge is 0.233 e. The number of unbranched alkanes of at least 4 members (excludes halogenated alkanes) is 1. The first-order chi connectivity index (χ1) is 11.5. The zero-order valence-corrected chi connectivity index (χ0v) is 15.1. The second-order valence-electron chi connectivity index (χ2n) is 6.20. The lowest BCUT2D eigenvalue weighted by atomic mass is 9.90. The summed E-state index contributed by atoms with van der Waals surface area (Å²) in [5.74, 6) is -0.271. The number of amides is 2. The molecule has 0 radical (unpaired) electrons. The Balaban J connectivity index is 2.10. The summed E-state index contributed by atoms with van der Waals surface area (Å²) in [4.78, 5) is 25.2. The summed E-state index contributed by atoms with van der Waals surface area (Å²) in [7, 11) is 0. The SMILES string of the molecule is CCCCC1CN(Cc2ccc(Cl)c(Cl)c2)C(=O)C1CN(O)C=O. The lowest BCUT2D eigenvalue weighted by Crippen LogP contribution is -2.33. The fourth-order valence-electron chi connectivity index (χ4n) is 3.17. The van der Waals surface area contributed by atoms with Gasteiger partial charge in [0.1, 0.15) is 0 Å². The maximum absolute atomic E-state index is 12.7. The minimum atomic E-state index is -0.366. The number of hydrogen-bond donors (Lipinski definition) is 1. The van der Waals surface area contributed by atoms with E-state index in [9.17, 15) is 14.8 Å². The zero-order chi connectivity index (χ0) is 17.7. The Hall–Kier alpha value is -1.30. The number of hydrogen-bond acceptors (Lipinski definition) is 3. The molecule has 0 aromatic heterocycles. The topological polar surface area (TPSA) is 60.9 Å². The van der Waals surface area contributed by atoms with Crippen LogP contribution in [0.25, 0.3) is 0 Å². The molecule has 1 saturated heterocycles. The zero-order valence-electron chi connectivity index (χ0n) is 13.6. The van der Waals surface area contributed by atoms with Crippen LogP contribution >= 0.6 is 23.2 Å². The predicted molar refractivity (Wildman–Crippen MR) is 92.9 cm³/mol. The fraction of sp³-hybridized carbons (Fsp3) is 0.529. The summed E-state index contributed by atoms with van der Waals surface area (Å²) in [5, 5.41) is 11.0. The average Bonchev–Trinajstić information content (AvgIpc) is 2.85. The fourth-order valence-corrected chi connectivity index (χ4v) is 3.49. The van der Waals surface area contributed by atoms with Crippen molar-refractivity contribution in [2.45, 2.75) is 32.7 Å². The van der Waals surface area contributed by atoms with Crippen molar-refractivity contribution in [2.24, 2.45) is 11.8 Å². The van der Waals surface area contributed by atoms with E-state index in [1.165, 1.54) is 0 Å². The molecule has 0 aliphatic carbocycles. The van der Waals surface area contributed by atoms with Crippen LogP contribution in [0.5, 0.6) is 0 Å². The molecule has 1 N–H and O–H groups in total. The summed E-state index contributed by atoms with van der Waals surface area (Å²) < 4.78 is 0. The lowest BCUT2D eigenvalue weighted by molar-refractivity contribution is -0.155. The highest BCUT2D eigenvalue weighted by Gasteiger charge is 2.40. The maximum atomic E-state index is 12.7. The number of carbonyl (C=O) groups excluding carboxylic acids is 2. The Kier molecular flexibility index (Phi) is 6.90. The average molecular weight is 373 g/mol. The quantitative estimate of drug-likeness (QED) is 0.430. The highest BCUT2D eigenvalue weighted by Crippen LogP contribution is 2.31. The van der Waals surface area contributed by atoms with Crippen LogP contribution in [0.4, 0.5) is 0 Å². The minimum Gasteiger partial charge on any atom is -0.338 e. The summed E-state index contributed by atoms with van der Waals surface area (Å²) in [6.45, 7) is 3.20. The van der Waals surface area contributed by atoms with Crippen molar-refractivity contribution in [3.63, 3.8) is 0 Å². The highest BCUT2D eigenvalue weighted by molar-refractivity contribution is 6.42. The van der Waals surface area contributed by atoms with E-state index in [1.807, 2.05) is 6.07 Å². The number of likely N-dealkylation sites (tertiary alicyclic amines) is 1. The molecule has 24 heavy (non-hydrogen) atoms. The molecule has 0 saturated carbocycles. The van der Waals surface area contributed by atoms with E-state index in [-0.39, 0.29) is 24.3 Å². The monoisotopic (exact) mass is 372 g/mol. The Bertz CT molecular complexity index is 597. The number of nitrogens with zero attached hydrogens (tertiary/aromatic N) is 2.